The molecule has 2 aromatic carbocycles. The molecule has 0 bridgehead atoms. The summed E-state index contributed by atoms with van der Waals surface area (Å²) >= 11 is 1.39. The Morgan fingerprint density at radius 3 is 2.40 bits per heavy atom. The number of carbonyl (C=O) groups is 1. The van der Waals surface area contributed by atoms with Crippen LogP contribution in [0.5, 0.6) is 17.2 Å². The summed E-state index contributed by atoms with van der Waals surface area (Å²) in [5, 5.41) is 5.64. The van der Waals surface area contributed by atoms with E-state index in [1.165, 1.54) is 11.3 Å². The van der Waals surface area contributed by atoms with Crippen molar-refractivity contribution >= 4 is 28.1 Å². The van der Waals surface area contributed by atoms with Gasteiger partial charge in [-0.15, -0.1) is 11.3 Å². The molecule has 0 unspecified atom stereocenters. The standard InChI is InChI=1S/C22H25N3O4S/c1-5-25(13-15-6-11-19(28-3)20(12-15)29-4)21(26)18-14-30-22(24-18)23-16-7-9-17(27-2)10-8-16/h6-12,14H,5,13H2,1-4H3,(H,23,24). The molecule has 158 valence electrons. The first kappa shape index (κ1) is 21.4. The van der Waals surface area contributed by atoms with E-state index in [2.05, 4.69) is 10.3 Å². The summed E-state index contributed by atoms with van der Waals surface area (Å²) in [6.07, 6.45) is 0. The molecule has 0 saturated carbocycles. The molecule has 1 aromatic heterocycles. The Labute approximate surface area is 180 Å². The monoisotopic (exact) mass is 427 g/mol. The van der Waals surface area contributed by atoms with Crippen molar-refractivity contribution < 1.29 is 19.0 Å². The van der Waals surface area contributed by atoms with Gasteiger partial charge in [0.1, 0.15) is 11.4 Å². The first-order chi connectivity index (χ1) is 14.6. The van der Waals surface area contributed by atoms with Crippen LogP contribution >= 0.6 is 11.3 Å². The lowest BCUT2D eigenvalue weighted by molar-refractivity contribution is 0.0747. The van der Waals surface area contributed by atoms with E-state index in [1.807, 2.05) is 49.4 Å². The van der Waals surface area contributed by atoms with Crippen molar-refractivity contribution in [3.63, 3.8) is 0 Å². The van der Waals surface area contributed by atoms with Gasteiger partial charge in [-0.05, 0) is 48.9 Å². The van der Waals surface area contributed by atoms with Gasteiger partial charge in [-0.1, -0.05) is 6.07 Å². The number of methoxy groups -OCH3 is 3. The number of nitrogens with zero attached hydrogens (tertiary/aromatic N) is 2. The fraction of sp³-hybridized carbons (Fsp3) is 0.273. The highest BCUT2D eigenvalue weighted by Gasteiger charge is 2.19. The minimum atomic E-state index is -0.119. The summed E-state index contributed by atoms with van der Waals surface area (Å²) in [4.78, 5) is 19.2. The molecule has 0 spiro atoms. The Morgan fingerprint density at radius 2 is 1.77 bits per heavy atom. The average molecular weight is 428 g/mol. The van der Waals surface area contributed by atoms with E-state index in [0.29, 0.717) is 35.4 Å². The predicted octanol–water partition coefficient (Wildman–Crippen LogP) is 4.57. The minimum Gasteiger partial charge on any atom is -0.497 e. The van der Waals surface area contributed by atoms with Gasteiger partial charge in [-0.2, -0.15) is 0 Å². The zero-order valence-corrected chi connectivity index (χ0v) is 18.3. The van der Waals surface area contributed by atoms with Crippen molar-refractivity contribution in [1.29, 1.82) is 0 Å². The number of anilines is 2. The number of ether oxygens (including phenoxy) is 3. The maximum atomic E-state index is 13.0. The quantitative estimate of drug-likeness (QED) is 0.539. The Bertz CT molecular complexity index is 988. The normalized spacial score (nSPS) is 10.4. The maximum Gasteiger partial charge on any atom is 0.273 e. The van der Waals surface area contributed by atoms with E-state index in [1.54, 1.807) is 31.6 Å². The molecule has 7 nitrogen and oxygen atoms in total. The second-order valence-corrected chi connectivity index (χ2v) is 7.26. The summed E-state index contributed by atoms with van der Waals surface area (Å²) < 4.78 is 15.8. The van der Waals surface area contributed by atoms with Gasteiger partial charge in [0, 0.05) is 24.2 Å². The number of nitrogens with one attached hydrogen (secondary N) is 1. The minimum absolute atomic E-state index is 0.119. The third-order valence-corrected chi connectivity index (χ3v) is 5.31. The lowest BCUT2D eigenvalue weighted by Crippen LogP contribution is -2.30. The molecule has 1 N–H and O–H groups in total. The van der Waals surface area contributed by atoms with E-state index in [0.717, 1.165) is 17.0 Å². The number of rotatable bonds is 9. The molecule has 3 rings (SSSR count). The average Bonchev–Trinajstić information content (AvgIpc) is 3.25. The highest BCUT2D eigenvalue weighted by Crippen LogP contribution is 2.28. The van der Waals surface area contributed by atoms with Crippen LogP contribution in [0.2, 0.25) is 0 Å². The molecule has 0 aliphatic carbocycles. The Morgan fingerprint density at radius 1 is 1.03 bits per heavy atom. The van der Waals surface area contributed by atoms with Crippen LogP contribution in [0.15, 0.2) is 47.8 Å². The highest BCUT2D eigenvalue weighted by atomic mass is 32.1. The Balaban J connectivity index is 1.70. The van der Waals surface area contributed by atoms with E-state index in [9.17, 15) is 4.79 Å². The van der Waals surface area contributed by atoms with Crippen LogP contribution in [0.4, 0.5) is 10.8 Å². The van der Waals surface area contributed by atoms with E-state index < -0.39 is 0 Å². The first-order valence-corrected chi connectivity index (χ1v) is 10.3. The number of carbonyl (C=O) groups excluding carboxylic acids is 1. The first-order valence-electron chi connectivity index (χ1n) is 9.44. The van der Waals surface area contributed by atoms with E-state index in [4.69, 9.17) is 14.2 Å². The second-order valence-electron chi connectivity index (χ2n) is 6.40. The lowest BCUT2D eigenvalue weighted by atomic mass is 10.2. The summed E-state index contributed by atoms with van der Waals surface area (Å²) in [6, 6.07) is 13.2. The zero-order chi connectivity index (χ0) is 21.5. The van der Waals surface area contributed by atoms with Crippen LogP contribution in [0.1, 0.15) is 23.0 Å². The summed E-state index contributed by atoms with van der Waals surface area (Å²) in [5.74, 6) is 1.96. The fourth-order valence-corrected chi connectivity index (χ4v) is 3.62. The molecule has 0 atom stereocenters. The SMILES string of the molecule is CCN(Cc1ccc(OC)c(OC)c1)C(=O)c1csc(Nc2ccc(OC)cc2)n1. The van der Waals surface area contributed by atoms with Crippen molar-refractivity contribution in [1.82, 2.24) is 9.88 Å². The van der Waals surface area contributed by atoms with Gasteiger partial charge in [0.25, 0.3) is 5.91 Å². The van der Waals surface area contributed by atoms with Gasteiger partial charge in [0.15, 0.2) is 16.6 Å². The summed E-state index contributed by atoms with van der Waals surface area (Å²) in [7, 11) is 4.82. The second kappa shape index (κ2) is 9.98. The van der Waals surface area contributed by atoms with Crippen LogP contribution < -0.4 is 19.5 Å². The maximum absolute atomic E-state index is 13.0. The fourth-order valence-electron chi connectivity index (χ4n) is 2.92. The number of thiazole rings is 1. The van der Waals surface area contributed by atoms with Gasteiger partial charge in [-0.3, -0.25) is 4.79 Å². The van der Waals surface area contributed by atoms with Gasteiger partial charge in [-0.25, -0.2) is 4.98 Å². The van der Waals surface area contributed by atoms with Crippen molar-refractivity contribution in [2.24, 2.45) is 0 Å². The van der Waals surface area contributed by atoms with Crippen molar-refractivity contribution in [3.8, 4) is 17.2 Å². The topological polar surface area (TPSA) is 72.9 Å². The van der Waals surface area contributed by atoms with Gasteiger partial charge < -0.3 is 24.4 Å². The number of hydrogen-bond acceptors (Lipinski definition) is 7. The third-order valence-electron chi connectivity index (χ3n) is 4.55. The molecular weight excluding hydrogens is 402 g/mol. The molecule has 0 radical (unpaired) electrons. The largest absolute Gasteiger partial charge is 0.497 e. The lowest BCUT2D eigenvalue weighted by Gasteiger charge is -2.20. The molecular formula is C22H25N3O4S. The molecule has 1 amide bonds. The van der Waals surface area contributed by atoms with Crippen molar-refractivity contribution in [2.75, 3.05) is 33.2 Å². The third kappa shape index (κ3) is 5.01. The van der Waals surface area contributed by atoms with Crippen molar-refractivity contribution in [2.45, 2.75) is 13.5 Å². The van der Waals surface area contributed by atoms with E-state index >= 15 is 0 Å². The van der Waals surface area contributed by atoms with Gasteiger partial charge >= 0.3 is 0 Å². The molecule has 3 aromatic rings. The van der Waals surface area contributed by atoms with Crippen LogP contribution in [-0.4, -0.2) is 43.7 Å². The van der Waals surface area contributed by atoms with Crippen LogP contribution in [0, 0.1) is 0 Å². The molecule has 30 heavy (non-hydrogen) atoms. The van der Waals surface area contributed by atoms with Crippen LogP contribution in [0.3, 0.4) is 0 Å². The molecule has 0 aliphatic heterocycles. The highest BCUT2D eigenvalue weighted by molar-refractivity contribution is 7.14. The number of hydrogen-bond donors (Lipinski definition) is 1. The molecule has 0 fully saturated rings. The zero-order valence-electron chi connectivity index (χ0n) is 17.5. The van der Waals surface area contributed by atoms with Gasteiger partial charge in [0.05, 0.1) is 21.3 Å². The summed E-state index contributed by atoms with van der Waals surface area (Å²) in [5.41, 5.74) is 2.25. The molecule has 0 saturated heterocycles. The van der Waals surface area contributed by atoms with Crippen LogP contribution in [0.25, 0.3) is 0 Å². The van der Waals surface area contributed by atoms with Gasteiger partial charge in [0.2, 0.25) is 0 Å². The number of benzene rings is 2. The Hall–Kier alpha value is -3.26. The molecule has 8 heteroatoms. The Kier molecular flexibility index (Phi) is 7.13. The number of aromatic nitrogens is 1. The van der Waals surface area contributed by atoms with E-state index in [-0.39, 0.29) is 5.91 Å². The van der Waals surface area contributed by atoms with Crippen molar-refractivity contribution in [3.05, 3.63) is 59.1 Å². The summed E-state index contributed by atoms with van der Waals surface area (Å²) in [6.45, 7) is 2.96. The molecule has 0 aliphatic rings. The predicted molar refractivity (Wildman–Crippen MR) is 118 cm³/mol. The molecule has 1 heterocycles. The smallest absolute Gasteiger partial charge is 0.273 e. The number of amides is 1. The van der Waals surface area contributed by atoms with Crippen LogP contribution in [-0.2, 0) is 6.54 Å².